The second-order valence-electron chi connectivity index (χ2n) is 3.64. The van der Waals surface area contributed by atoms with Gasteiger partial charge in [0.15, 0.2) is 0 Å². The molecule has 4 heteroatoms. The van der Waals surface area contributed by atoms with Crippen LogP contribution in [0.25, 0.3) is 0 Å². The lowest BCUT2D eigenvalue weighted by molar-refractivity contribution is 0.911. The van der Waals surface area contributed by atoms with Crippen LogP contribution < -0.4 is 0 Å². The van der Waals surface area contributed by atoms with E-state index < -0.39 is 4.33 Å². The number of hydrogen-bond donors (Lipinski definition) is 0. The summed E-state index contributed by atoms with van der Waals surface area (Å²) in [6.45, 7) is 2.01. The van der Waals surface area contributed by atoms with Gasteiger partial charge in [0.05, 0.1) is 0 Å². The van der Waals surface area contributed by atoms with E-state index >= 15 is 0 Å². The summed E-state index contributed by atoms with van der Waals surface area (Å²) in [7, 11) is 0. The minimum Gasteiger partial charge on any atom is -0.101 e. The van der Waals surface area contributed by atoms with Gasteiger partial charge in [0.2, 0.25) is 0 Å². The van der Waals surface area contributed by atoms with E-state index in [1.807, 2.05) is 19.1 Å². The van der Waals surface area contributed by atoms with Gasteiger partial charge < -0.3 is 0 Å². The average Bonchev–Trinajstić information content (AvgIpc) is 2.48. The quantitative estimate of drug-likeness (QED) is 0.636. The van der Waals surface area contributed by atoms with Gasteiger partial charge >= 0.3 is 0 Å². The van der Waals surface area contributed by atoms with Gasteiger partial charge in [-0.15, -0.1) is 23.2 Å². The van der Waals surface area contributed by atoms with Crippen LogP contribution in [-0.2, 0) is 0 Å². The lowest BCUT2D eigenvalue weighted by Crippen LogP contribution is -1.89. The van der Waals surface area contributed by atoms with Crippen LogP contribution in [0.15, 0.2) is 18.2 Å². The monoisotopic (exact) mass is 268 g/mol. The Morgan fingerprint density at radius 2 is 1.50 bits per heavy atom. The van der Waals surface area contributed by atoms with Gasteiger partial charge in [0.1, 0.15) is 4.33 Å². The molecule has 1 aliphatic rings. The second-order valence-corrected chi connectivity index (χ2v) is 5.96. The van der Waals surface area contributed by atoms with Crippen LogP contribution in [0.5, 0.6) is 0 Å². The Balaban J connectivity index is 2.35. The van der Waals surface area contributed by atoms with Crippen LogP contribution >= 0.6 is 46.4 Å². The molecule has 0 nitrogen and oxygen atoms in total. The van der Waals surface area contributed by atoms with Crippen molar-refractivity contribution in [3.05, 3.63) is 33.8 Å². The fourth-order valence-electron chi connectivity index (χ4n) is 1.75. The zero-order valence-corrected chi connectivity index (χ0v) is 10.4. The molecule has 0 heterocycles. The maximum absolute atomic E-state index is 6.08. The summed E-state index contributed by atoms with van der Waals surface area (Å²) in [5.41, 5.74) is 1.01. The predicted octanol–water partition coefficient (Wildman–Crippen LogP) is 4.90. The lowest BCUT2D eigenvalue weighted by atomic mass is 10.1. The maximum atomic E-state index is 6.08. The molecule has 2 atom stereocenters. The molecular weight excluding hydrogens is 262 g/mol. The summed E-state index contributed by atoms with van der Waals surface area (Å²) in [5, 5.41) is 1.24. The van der Waals surface area contributed by atoms with Crippen LogP contribution in [-0.4, -0.2) is 4.33 Å². The van der Waals surface area contributed by atoms with Gasteiger partial charge in [0.25, 0.3) is 0 Å². The lowest BCUT2D eigenvalue weighted by Gasteiger charge is -2.02. The highest BCUT2D eigenvalue weighted by molar-refractivity contribution is 6.52. The molecule has 0 bridgehead atoms. The fraction of sp³-hybridized carbons (Fsp3) is 0.400. The molecule has 0 aromatic heterocycles. The van der Waals surface area contributed by atoms with Crippen molar-refractivity contribution >= 4 is 46.4 Å². The molecule has 0 N–H and O–H groups in total. The van der Waals surface area contributed by atoms with E-state index in [1.165, 1.54) is 0 Å². The first-order chi connectivity index (χ1) is 6.43. The first-order valence-corrected chi connectivity index (χ1v) is 5.78. The van der Waals surface area contributed by atoms with E-state index in [4.69, 9.17) is 46.4 Å². The van der Waals surface area contributed by atoms with Gasteiger partial charge in [0, 0.05) is 16.0 Å². The first-order valence-electron chi connectivity index (χ1n) is 4.26. The smallest absolute Gasteiger partial charge is 0.101 e. The molecule has 0 amide bonds. The van der Waals surface area contributed by atoms with Crippen molar-refractivity contribution in [2.45, 2.75) is 17.2 Å². The topological polar surface area (TPSA) is 0 Å². The van der Waals surface area contributed by atoms with Crippen molar-refractivity contribution in [3.8, 4) is 0 Å². The van der Waals surface area contributed by atoms with Gasteiger partial charge in [-0.2, -0.15) is 0 Å². The molecule has 0 saturated heterocycles. The average molecular weight is 270 g/mol. The zero-order chi connectivity index (χ0) is 10.5. The highest BCUT2D eigenvalue weighted by Crippen LogP contribution is 2.64. The summed E-state index contributed by atoms with van der Waals surface area (Å²) < 4.78 is -0.659. The van der Waals surface area contributed by atoms with E-state index in [0.717, 1.165) is 5.56 Å². The van der Waals surface area contributed by atoms with Crippen molar-refractivity contribution in [2.24, 2.45) is 5.92 Å². The third-order valence-electron chi connectivity index (χ3n) is 2.66. The number of benzene rings is 1. The molecule has 2 rings (SSSR count). The molecule has 1 saturated carbocycles. The third-order valence-corrected chi connectivity index (χ3v) is 4.25. The largest absolute Gasteiger partial charge is 0.128 e. The number of rotatable bonds is 1. The Morgan fingerprint density at radius 3 is 1.86 bits per heavy atom. The van der Waals surface area contributed by atoms with E-state index in [1.54, 1.807) is 6.07 Å². The normalized spacial score (nSPS) is 28.9. The summed E-state index contributed by atoms with van der Waals surface area (Å²) >= 11 is 23.9. The van der Waals surface area contributed by atoms with Crippen LogP contribution in [0, 0.1) is 5.92 Å². The minimum absolute atomic E-state index is 0.141. The molecule has 14 heavy (non-hydrogen) atoms. The van der Waals surface area contributed by atoms with Gasteiger partial charge in [-0.1, -0.05) is 30.1 Å². The van der Waals surface area contributed by atoms with Crippen molar-refractivity contribution in [1.82, 2.24) is 0 Å². The molecule has 1 aliphatic carbocycles. The van der Waals surface area contributed by atoms with Gasteiger partial charge in [-0.05, 0) is 29.7 Å². The Hall–Kier alpha value is 0.380. The summed E-state index contributed by atoms with van der Waals surface area (Å²) in [5.74, 6) is 0.391. The molecule has 0 radical (unpaired) electrons. The number of hydrogen-bond acceptors (Lipinski definition) is 0. The fourth-order valence-corrected chi connectivity index (χ4v) is 3.04. The van der Waals surface area contributed by atoms with Crippen molar-refractivity contribution in [1.29, 1.82) is 0 Å². The Morgan fingerprint density at radius 1 is 1.07 bits per heavy atom. The van der Waals surface area contributed by atoms with Gasteiger partial charge in [-0.25, -0.2) is 0 Å². The molecule has 0 spiro atoms. The van der Waals surface area contributed by atoms with Crippen molar-refractivity contribution < 1.29 is 0 Å². The molecule has 76 valence electrons. The SMILES string of the molecule is CC1C(c2cc(Cl)cc(Cl)c2)C1(Cl)Cl. The predicted molar refractivity (Wildman–Crippen MR) is 62.8 cm³/mol. The Labute approximate surface area is 103 Å². The highest BCUT2D eigenvalue weighted by Gasteiger charge is 2.60. The van der Waals surface area contributed by atoms with Gasteiger partial charge in [-0.3, -0.25) is 0 Å². The summed E-state index contributed by atoms with van der Waals surface area (Å²) in [6, 6.07) is 5.42. The maximum Gasteiger partial charge on any atom is 0.128 e. The van der Waals surface area contributed by atoms with Crippen LogP contribution in [0.2, 0.25) is 10.0 Å². The second kappa shape index (κ2) is 3.45. The highest BCUT2D eigenvalue weighted by atomic mass is 35.5. The van der Waals surface area contributed by atoms with Crippen LogP contribution in [0.4, 0.5) is 0 Å². The molecule has 1 aromatic carbocycles. The van der Waals surface area contributed by atoms with Crippen LogP contribution in [0.1, 0.15) is 18.4 Å². The first kappa shape index (κ1) is 10.9. The Bertz CT molecular complexity index is 352. The third kappa shape index (κ3) is 1.74. The molecule has 1 aromatic rings. The molecular formula is C10H8Cl4. The summed E-state index contributed by atoms with van der Waals surface area (Å²) in [4.78, 5) is 0. The van der Waals surface area contributed by atoms with Crippen LogP contribution in [0.3, 0.4) is 0 Å². The number of halogens is 4. The zero-order valence-electron chi connectivity index (χ0n) is 7.40. The number of alkyl halides is 2. The molecule has 1 fully saturated rings. The summed E-state index contributed by atoms with van der Waals surface area (Å²) in [6.07, 6.45) is 0. The van der Waals surface area contributed by atoms with E-state index in [-0.39, 0.29) is 11.8 Å². The van der Waals surface area contributed by atoms with Crippen molar-refractivity contribution in [2.75, 3.05) is 0 Å². The minimum atomic E-state index is -0.659. The Kier molecular flexibility index (Phi) is 2.68. The standard InChI is InChI=1S/C10H8Cl4/c1-5-9(10(5,13)14)6-2-7(11)4-8(12)3-6/h2-5,9H,1H3. The van der Waals surface area contributed by atoms with Crippen molar-refractivity contribution in [3.63, 3.8) is 0 Å². The van der Waals surface area contributed by atoms with E-state index in [9.17, 15) is 0 Å². The molecule has 2 unspecified atom stereocenters. The van der Waals surface area contributed by atoms with E-state index in [2.05, 4.69) is 0 Å². The molecule has 0 aliphatic heterocycles. The van der Waals surface area contributed by atoms with E-state index in [0.29, 0.717) is 10.0 Å².